The van der Waals surface area contributed by atoms with Crippen LogP contribution in [-0.2, 0) is 62.3 Å². The molecule has 0 spiro atoms. The maximum absolute atomic E-state index is 13.2. The maximum atomic E-state index is 13.2. The third-order valence-corrected chi connectivity index (χ3v) is 10.4. The molecule has 1 aliphatic heterocycles. The van der Waals surface area contributed by atoms with E-state index in [0.717, 1.165) is 38.9 Å². The molecule has 6 aromatic rings. The van der Waals surface area contributed by atoms with Crippen molar-refractivity contribution < 1.29 is 28.8 Å². The highest BCUT2D eigenvalue weighted by Crippen LogP contribution is 2.42. The van der Waals surface area contributed by atoms with Crippen molar-refractivity contribution in [1.82, 2.24) is 0 Å². The zero-order valence-electron chi connectivity index (χ0n) is 31.3. The molecule has 1 aliphatic rings. The topological polar surface area (TPSA) is 66.4 Å². The zero-order valence-corrected chi connectivity index (χ0v) is 32.0. The van der Waals surface area contributed by atoms with Crippen molar-refractivity contribution in [1.29, 1.82) is 0 Å². The third kappa shape index (κ3) is 10.1. The zero-order chi connectivity index (χ0) is 38.6. The van der Waals surface area contributed by atoms with Crippen LogP contribution in [0.2, 0.25) is 5.02 Å². The quantitative estimate of drug-likeness (QED) is 0.0998. The molecule has 1 saturated heterocycles. The number of aliphatic hydroxyl groups is 1. The molecule has 0 aliphatic carbocycles. The van der Waals surface area contributed by atoms with Gasteiger partial charge in [0.1, 0.15) is 24.4 Å². The first kappa shape index (κ1) is 39.3. The molecule has 6 aromatic carbocycles. The molecule has 0 amide bonds. The molecule has 6 nitrogen and oxygen atoms in total. The Labute approximate surface area is 334 Å². The molecule has 0 radical (unpaired) electrons. The van der Waals surface area contributed by atoms with Crippen molar-refractivity contribution in [3.8, 4) is 0 Å². The average Bonchev–Trinajstić information content (AvgIpc) is 3.24. The van der Waals surface area contributed by atoms with E-state index in [1.54, 1.807) is 12.1 Å². The molecule has 286 valence electrons. The van der Waals surface area contributed by atoms with Gasteiger partial charge in [-0.2, -0.15) is 0 Å². The summed E-state index contributed by atoms with van der Waals surface area (Å²) in [4.78, 5) is 0. The van der Waals surface area contributed by atoms with Gasteiger partial charge in [0.25, 0.3) is 0 Å². The number of rotatable bonds is 17. The van der Waals surface area contributed by atoms with E-state index in [2.05, 4.69) is 18.7 Å². The number of halogens is 1. The van der Waals surface area contributed by atoms with Crippen molar-refractivity contribution in [2.45, 2.75) is 63.1 Å². The van der Waals surface area contributed by atoms with Crippen LogP contribution in [0.4, 0.5) is 0 Å². The van der Waals surface area contributed by atoms with Crippen LogP contribution >= 0.6 is 11.6 Å². The van der Waals surface area contributed by atoms with Gasteiger partial charge in [-0.05, 0) is 57.5 Å². The van der Waals surface area contributed by atoms with E-state index in [9.17, 15) is 5.11 Å². The highest BCUT2D eigenvalue weighted by molar-refractivity contribution is 6.31. The lowest BCUT2D eigenvalue weighted by atomic mass is 9.86. The molecular weight excluding hydrogens is 720 g/mol. The van der Waals surface area contributed by atoms with Crippen molar-refractivity contribution in [2.24, 2.45) is 0 Å². The van der Waals surface area contributed by atoms with E-state index < -0.39 is 30.2 Å². The van der Waals surface area contributed by atoms with E-state index in [1.165, 1.54) is 0 Å². The Bertz CT molecular complexity index is 2100. The van der Waals surface area contributed by atoms with Crippen LogP contribution in [0.1, 0.15) is 44.5 Å². The second-order valence-corrected chi connectivity index (χ2v) is 14.4. The number of ether oxygens (including phenoxy) is 5. The van der Waals surface area contributed by atoms with Gasteiger partial charge in [-0.15, -0.1) is 0 Å². The Morgan fingerprint density at radius 3 is 1.62 bits per heavy atom. The molecule has 5 atom stereocenters. The smallest absolute Gasteiger partial charge is 0.222 e. The lowest BCUT2D eigenvalue weighted by molar-refractivity contribution is -0.378. The minimum atomic E-state index is -2.00. The minimum Gasteiger partial charge on any atom is -0.374 e. The van der Waals surface area contributed by atoms with Crippen LogP contribution in [0.3, 0.4) is 0 Å². The Morgan fingerprint density at radius 2 is 1.09 bits per heavy atom. The summed E-state index contributed by atoms with van der Waals surface area (Å²) in [6.45, 7) is 5.07. The summed E-state index contributed by atoms with van der Waals surface area (Å²) in [5.41, 5.74) is 7.33. The Hall–Kier alpha value is -4.89. The fourth-order valence-electron chi connectivity index (χ4n) is 7.01. The lowest BCUT2D eigenvalue weighted by Gasteiger charge is -2.50. The van der Waals surface area contributed by atoms with Crippen molar-refractivity contribution in [3.05, 3.63) is 220 Å². The lowest BCUT2D eigenvalue weighted by Crippen LogP contribution is -2.65. The molecule has 7 rings (SSSR count). The molecule has 1 heterocycles. The molecule has 1 fully saturated rings. The van der Waals surface area contributed by atoms with E-state index >= 15 is 0 Å². The molecule has 0 bridgehead atoms. The third-order valence-electron chi connectivity index (χ3n) is 10.0. The standard InChI is InChI=1S/C49H47ClO6/c1-2-36-23-25-37(26-24-36)29-42-30-43(27-28-44(42)50)49(51)48(55-34-41-21-13-6-14-22-41)47(54-33-40-19-11-5-12-20-40)46(53-32-39-17-9-4-10-18-39)45(56-49)35-52-31-38-15-7-3-8-16-38/h2-28,30,45-48,51H,1,29,31-35H2/t45-,46-,47+,48-,49?/m1/s1. The maximum Gasteiger partial charge on any atom is 0.222 e. The molecule has 0 saturated carbocycles. The van der Waals surface area contributed by atoms with Crippen LogP contribution in [0, 0.1) is 0 Å². The van der Waals surface area contributed by atoms with Crippen LogP contribution in [0.5, 0.6) is 0 Å². The van der Waals surface area contributed by atoms with Crippen molar-refractivity contribution in [2.75, 3.05) is 6.61 Å². The SMILES string of the molecule is C=Cc1ccc(Cc2cc(C3(O)O[C@H](COCc4ccccc4)[C@@H](OCc4ccccc4)[C@H](OCc4ccccc4)[C@H]3OCc3ccccc3)ccc2Cl)cc1. The minimum absolute atomic E-state index is 0.114. The van der Waals surface area contributed by atoms with Crippen LogP contribution in [-0.4, -0.2) is 36.1 Å². The average molecular weight is 767 g/mol. The first-order valence-electron chi connectivity index (χ1n) is 19.0. The fraction of sp³-hybridized carbons (Fsp3) is 0.224. The second kappa shape index (κ2) is 19.3. The summed E-state index contributed by atoms with van der Waals surface area (Å²) in [6, 6.07) is 53.4. The van der Waals surface area contributed by atoms with Gasteiger partial charge in [0, 0.05) is 10.6 Å². The molecule has 1 unspecified atom stereocenters. The molecular formula is C49H47ClO6. The first-order chi connectivity index (χ1) is 27.5. The number of hydrogen-bond acceptors (Lipinski definition) is 6. The van der Waals surface area contributed by atoms with E-state index in [1.807, 2.05) is 146 Å². The number of benzene rings is 6. The summed E-state index contributed by atoms with van der Waals surface area (Å²) in [6.07, 6.45) is -0.969. The van der Waals surface area contributed by atoms with Gasteiger partial charge >= 0.3 is 0 Å². The molecule has 0 aromatic heterocycles. The van der Waals surface area contributed by atoms with E-state index in [0.29, 0.717) is 23.6 Å². The van der Waals surface area contributed by atoms with Gasteiger partial charge in [-0.25, -0.2) is 0 Å². The van der Waals surface area contributed by atoms with Crippen molar-refractivity contribution >= 4 is 17.7 Å². The molecule has 56 heavy (non-hydrogen) atoms. The Kier molecular flexibility index (Phi) is 13.6. The monoisotopic (exact) mass is 766 g/mol. The predicted molar refractivity (Wildman–Crippen MR) is 221 cm³/mol. The van der Waals surface area contributed by atoms with E-state index in [-0.39, 0.29) is 26.4 Å². The summed E-state index contributed by atoms with van der Waals surface area (Å²) in [5.74, 6) is -2.00. The summed E-state index contributed by atoms with van der Waals surface area (Å²) >= 11 is 6.86. The van der Waals surface area contributed by atoms with Crippen molar-refractivity contribution in [3.63, 3.8) is 0 Å². The van der Waals surface area contributed by atoms with Gasteiger partial charge in [-0.1, -0.05) is 176 Å². The molecule has 1 N–H and O–H groups in total. The summed E-state index contributed by atoms with van der Waals surface area (Å²) in [7, 11) is 0. The predicted octanol–water partition coefficient (Wildman–Crippen LogP) is 10.1. The van der Waals surface area contributed by atoms with Gasteiger partial charge in [0.05, 0.1) is 33.0 Å². The van der Waals surface area contributed by atoms with Crippen LogP contribution < -0.4 is 0 Å². The Morgan fingerprint density at radius 1 is 0.589 bits per heavy atom. The van der Waals surface area contributed by atoms with E-state index in [4.69, 9.17) is 35.3 Å². The van der Waals surface area contributed by atoms with Gasteiger partial charge in [0.2, 0.25) is 5.79 Å². The Balaban J connectivity index is 1.29. The second-order valence-electron chi connectivity index (χ2n) is 14.0. The van der Waals surface area contributed by atoms with Gasteiger partial charge in [-0.3, -0.25) is 0 Å². The normalized spacial score (nSPS) is 20.8. The first-order valence-corrected chi connectivity index (χ1v) is 19.3. The van der Waals surface area contributed by atoms with Crippen LogP contribution in [0.15, 0.2) is 170 Å². The van der Waals surface area contributed by atoms with Gasteiger partial charge in [0.15, 0.2) is 0 Å². The van der Waals surface area contributed by atoms with Gasteiger partial charge < -0.3 is 28.8 Å². The summed E-state index contributed by atoms with van der Waals surface area (Å²) < 4.78 is 33.7. The van der Waals surface area contributed by atoms with Crippen LogP contribution in [0.25, 0.3) is 6.08 Å². The largest absolute Gasteiger partial charge is 0.374 e. The highest BCUT2D eigenvalue weighted by Gasteiger charge is 2.57. The highest BCUT2D eigenvalue weighted by atomic mass is 35.5. The fourth-order valence-corrected chi connectivity index (χ4v) is 7.19. The number of hydrogen-bond donors (Lipinski definition) is 1. The summed E-state index contributed by atoms with van der Waals surface area (Å²) in [5, 5.41) is 13.8. The molecule has 7 heteroatoms.